The van der Waals surface area contributed by atoms with E-state index in [1.54, 1.807) is 67.6 Å². The number of methoxy groups -OCH3 is 1. The molecule has 0 aromatic heterocycles. The summed E-state index contributed by atoms with van der Waals surface area (Å²) in [6, 6.07) is 16.8. The zero-order valence-corrected chi connectivity index (χ0v) is 20.6. The van der Waals surface area contributed by atoms with Crippen molar-refractivity contribution in [2.45, 2.75) is 13.8 Å². The van der Waals surface area contributed by atoms with Gasteiger partial charge in [0.25, 0.3) is 17.7 Å². The first kappa shape index (κ1) is 24.3. The smallest absolute Gasteiger partial charge is 0.283 e. The van der Waals surface area contributed by atoms with Gasteiger partial charge in [-0.05, 0) is 61.9 Å². The molecule has 1 heterocycles. The number of benzene rings is 3. The fourth-order valence-electron chi connectivity index (χ4n) is 3.54. The molecule has 0 saturated heterocycles. The molecule has 178 valence electrons. The van der Waals surface area contributed by atoms with Crippen molar-refractivity contribution >= 4 is 58.0 Å². The Balaban J connectivity index is 1.59. The Kier molecular flexibility index (Phi) is 6.82. The van der Waals surface area contributed by atoms with Crippen molar-refractivity contribution < 1.29 is 19.1 Å². The summed E-state index contributed by atoms with van der Waals surface area (Å²) >= 11 is 12.3. The van der Waals surface area contributed by atoms with E-state index in [9.17, 15) is 14.4 Å². The molecule has 1 aliphatic heterocycles. The van der Waals surface area contributed by atoms with Crippen LogP contribution in [-0.4, -0.2) is 24.8 Å². The van der Waals surface area contributed by atoms with E-state index in [1.807, 2.05) is 6.92 Å². The van der Waals surface area contributed by atoms with Gasteiger partial charge in [-0.25, -0.2) is 4.90 Å². The van der Waals surface area contributed by atoms with Gasteiger partial charge < -0.3 is 15.4 Å². The molecule has 0 spiro atoms. The van der Waals surface area contributed by atoms with Crippen LogP contribution in [-0.2, 0) is 9.59 Å². The first-order valence-electron chi connectivity index (χ1n) is 10.6. The second kappa shape index (κ2) is 9.82. The molecular formula is C26H21Cl2N3O4. The first-order chi connectivity index (χ1) is 16.7. The van der Waals surface area contributed by atoms with Crippen molar-refractivity contribution in [1.29, 1.82) is 0 Å². The van der Waals surface area contributed by atoms with Gasteiger partial charge in [0, 0.05) is 16.3 Å². The second-order valence-corrected chi connectivity index (χ2v) is 8.74. The van der Waals surface area contributed by atoms with Gasteiger partial charge >= 0.3 is 0 Å². The van der Waals surface area contributed by atoms with Crippen LogP contribution in [0.5, 0.6) is 5.75 Å². The van der Waals surface area contributed by atoms with Crippen LogP contribution in [0, 0.1) is 13.8 Å². The van der Waals surface area contributed by atoms with Gasteiger partial charge in [-0.1, -0.05) is 47.0 Å². The topological polar surface area (TPSA) is 87.7 Å². The third kappa shape index (κ3) is 4.87. The molecule has 9 heteroatoms. The Morgan fingerprint density at radius 3 is 2.29 bits per heavy atom. The number of halogens is 2. The average molecular weight is 510 g/mol. The number of imide groups is 1. The minimum Gasteiger partial charge on any atom is -0.495 e. The lowest BCUT2D eigenvalue weighted by Crippen LogP contribution is -2.32. The monoisotopic (exact) mass is 509 g/mol. The van der Waals surface area contributed by atoms with E-state index < -0.39 is 17.7 Å². The molecule has 0 fully saturated rings. The molecule has 3 aromatic carbocycles. The van der Waals surface area contributed by atoms with Crippen LogP contribution in [0.25, 0.3) is 0 Å². The summed E-state index contributed by atoms with van der Waals surface area (Å²) in [5.74, 6) is -1.16. The lowest BCUT2D eigenvalue weighted by molar-refractivity contribution is -0.120. The summed E-state index contributed by atoms with van der Waals surface area (Å²) in [4.78, 5) is 39.8. The SMILES string of the molecule is COc1ccc(Cl)cc1NC(=O)c1ccc(C)c(NC2=C(Cl)C(=O)N(c3ccc(C)cc3)C2=O)c1. The van der Waals surface area contributed by atoms with Gasteiger partial charge in [0.1, 0.15) is 16.5 Å². The summed E-state index contributed by atoms with van der Waals surface area (Å²) in [6.07, 6.45) is 0. The van der Waals surface area contributed by atoms with E-state index in [-0.39, 0.29) is 10.7 Å². The molecule has 1 aliphatic rings. The summed E-state index contributed by atoms with van der Waals surface area (Å²) in [7, 11) is 1.49. The molecule has 0 saturated carbocycles. The highest BCUT2D eigenvalue weighted by Gasteiger charge is 2.39. The van der Waals surface area contributed by atoms with Crippen molar-refractivity contribution in [2.75, 3.05) is 22.6 Å². The Labute approximate surface area is 212 Å². The average Bonchev–Trinajstić information content (AvgIpc) is 3.04. The van der Waals surface area contributed by atoms with Gasteiger partial charge in [-0.3, -0.25) is 14.4 Å². The van der Waals surface area contributed by atoms with Crippen LogP contribution in [0.2, 0.25) is 5.02 Å². The van der Waals surface area contributed by atoms with Crippen LogP contribution in [0.15, 0.2) is 71.4 Å². The molecule has 0 aliphatic carbocycles. The summed E-state index contributed by atoms with van der Waals surface area (Å²) < 4.78 is 5.27. The van der Waals surface area contributed by atoms with Gasteiger partial charge in [-0.15, -0.1) is 0 Å². The zero-order valence-electron chi connectivity index (χ0n) is 19.1. The predicted octanol–water partition coefficient (Wildman–Crippen LogP) is 5.65. The maximum absolute atomic E-state index is 13.1. The number of carbonyl (C=O) groups excluding carboxylic acids is 3. The number of hydrogen-bond donors (Lipinski definition) is 2. The van der Waals surface area contributed by atoms with Gasteiger partial charge in [-0.2, -0.15) is 0 Å². The minimum absolute atomic E-state index is 0.0607. The third-order valence-electron chi connectivity index (χ3n) is 5.49. The number of anilines is 3. The largest absolute Gasteiger partial charge is 0.495 e. The van der Waals surface area contributed by atoms with Crippen LogP contribution < -0.4 is 20.3 Å². The highest BCUT2D eigenvalue weighted by Crippen LogP contribution is 2.32. The van der Waals surface area contributed by atoms with E-state index >= 15 is 0 Å². The number of nitrogens with zero attached hydrogens (tertiary/aromatic N) is 1. The Hall–Kier alpha value is -3.81. The maximum atomic E-state index is 13.1. The van der Waals surface area contributed by atoms with Crippen LogP contribution in [0.1, 0.15) is 21.5 Å². The van der Waals surface area contributed by atoms with Crippen molar-refractivity contribution in [3.8, 4) is 5.75 Å². The molecule has 3 amide bonds. The lowest BCUT2D eigenvalue weighted by Gasteiger charge is -2.16. The van der Waals surface area contributed by atoms with E-state index in [2.05, 4.69) is 10.6 Å². The molecule has 0 bridgehead atoms. The maximum Gasteiger partial charge on any atom is 0.283 e. The van der Waals surface area contributed by atoms with Crippen molar-refractivity contribution in [3.05, 3.63) is 93.1 Å². The van der Waals surface area contributed by atoms with Crippen LogP contribution >= 0.6 is 23.2 Å². The molecule has 2 N–H and O–H groups in total. The predicted molar refractivity (Wildman–Crippen MR) is 137 cm³/mol. The van der Waals surface area contributed by atoms with Crippen molar-refractivity contribution in [1.82, 2.24) is 0 Å². The molecule has 0 unspecified atom stereocenters. The number of nitrogens with one attached hydrogen (secondary N) is 2. The fourth-order valence-corrected chi connectivity index (χ4v) is 3.93. The molecule has 0 atom stereocenters. The van der Waals surface area contributed by atoms with E-state index in [0.717, 1.165) is 16.0 Å². The Morgan fingerprint density at radius 2 is 1.60 bits per heavy atom. The molecule has 7 nitrogen and oxygen atoms in total. The fraction of sp³-hybridized carbons (Fsp3) is 0.115. The van der Waals surface area contributed by atoms with Gasteiger partial charge in [0.15, 0.2) is 0 Å². The summed E-state index contributed by atoms with van der Waals surface area (Å²) in [6.45, 7) is 3.71. The number of amides is 3. The standard InChI is InChI=1S/C26H21Cl2N3O4/c1-14-4-9-18(10-5-14)31-25(33)22(28)23(26(31)34)29-19-12-16(7-6-15(19)2)24(32)30-20-13-17(27)8-11-21(20)35-3/h4-13,29H,1-3H3,(H,30,32). The van der Waals surface area contributed by atoms with E-state index in [0.29, 0.717) is 33.4 Å². The number of rotatable bonds is 6. The highest BCUT2D eigenvalue weighted by atomic mass is 35.5. The molecule has 0 radical (unpaired) electrons. The molecule has 4 rings (SSSR count). The lowest BCUT2D eigenvalue weighted by atomic mass is 10.1. The van der Waals surface area contributed by atoms with Crippen molar-refractivity contribution in [3.63, 3.8) is 0 Å². The van der Waals surface area contributed by atoms with Gasteiger partial charge in [0.05, 0.1) is 18.5 Å². The minimum atomic E-state index is -0.623. The first-order valence-corrected chi connectivity index (χ1v) is 11.3. The zero-order chi connectivity index (χ0) is 25.3. The number of ether oxygens (including phenoxy) is 1. The summed E-state index contributed by atoms with van der Waals surface area (Å²) in [5.41, 5.74) is 3.27. The molecular weight excluding hydrogens is 489 g/mol. The number of hydrogen-bond acceptors (Lipinski definition) is 5. The number of carbonyl (C=O) groups is 3. The normalized spacial score (nSPS) is 13.3. The van der Waals surface area contributed by atoms with Crippen LogP contribution in [0.3, 0.4) is 0 Å². The quantitative estimate of drug-likeness (QED) is 0.419. The van der Waals surface area contributed by atoms with Gasteiger partial charge in [0.2, 0.25) is 0 Å². The Bertz CT molecular complexity index is 1380. The van der Waals surface area contributed by atoms with Crippen LogP contribution in [0.4, 0.5) is 17.1 Å². The molecule has 35 heavy (non-hydrogen) atoms. The van der Waals surface area contributed by atoms with E-state index in [4.69, 9.17) is 27.9 Å². The summed E-state index contributed by atoms with van der Waals surface area (Å²) in [5, 5.41) is 5.94. The molecule has 3 aromatic rings. The number of aryl methyl sites for hydroxylation is 2. The van der Waals surface area contributed by atoms with Crippen molar-refractivity contribution in [2.24, 2.45) is 0 Å². The second-order valence-electron chi connectivity index (χ2n) is 7.92. The Morgan fingerprint density at radius 1 is 0.886 bits per heavy atom. The highest BCUT2D eigenvalue weighted by molar-refractivity contribution is 6.53. The third-order valence-corrected chi connectivity index (χ3v) is 6.07. The van der Waals surface area contributed by atoms with E-state index in [1.165, 1.54) is 7.11 Å².